The van der Waals surface area contributed by atoms with E-state index in [4.69, 9.17) is 4.74 Å². The van der Waals surface area contributed by atoms with Crippen molar-refractivity contribution < 1.29 is 19.1 Å². The van der Waals surface area contributed by atoms with Crippen LogP contribution in [0, 0.1) is 11.8 Å². The first-order valence-electron chi connectivity index (χ1n) is 13.8. The van der Waals surface area contributed by atoms with Crippen LogP contribution in [0.1, 0.15) is 73.2 Å². The number of amides is 3. The number of nitrogens with one attached hydrogen (secondary N) is 3. The first-order chi connectivity index (χ1) is 19.2. The summed E-state index contributed by atoms with van der Waals surface area (Å²) in [7, 11) is 0. The second kappa shape index (κ2) is 15.8. The Labute approximate surface area is 240 Å². The van der Waals surface area contributed by atoms with Gasteiger partial charge in [-0.2, -0.15) is 0 Å². The van der Waals surface area contributed by atoms with Gasteiger partial charge in [-0.3, -0.25) is 9.59 Å². The predicted molar refractivity (Wildman–Crippen MR) is 158 cm³/mol. The Morgan fingerprint density at radius 2 is 1.48 bits per heavy atom. The molecule has 0 saturated carbocycles. The Bertz CT molecular complexity index is 1210. The molecule has 0 aliphatic heterocycles. The van der Waals surface area contributed by atoms with E-state index in [1.54, 1.807) is 0 Å². The highest BCUT2D eigenvalue weighted by Crippen LogP contribution is 2.24. The topological polar surface area (TPSA) is 109 Å². The maximum absolute atomic E-state index is 13.4. The maximum atomic E-state index is 13.4. The van der Waals surface area contributed by atoms with E-state index >= 15 is 0 Å². The van der Waals surface area contributed by atoms with Crippen molar-refractivity contribution >= 4 is 29.2 Å². The fourth-order valence-electron chi connectivity index (χ4n) is 4.20. The minimum atomic E-state index is -0.766. The van der Waals surface area contributed by atoms with Crippen molar-refractivity contribution in [2.45, 2.75) is 65.6 Å². The number of aromatic nitrogens is 1. The highest BCUT2D eigenvalue weighted by molar-refractivity contribution is 7.11. The van der Waals surface area contributed by atoms with Gasteiger partial charge in [-0.1, -0.05) is 88.4 Å². The second-order valence-corrected chi connectivity index (χ2v) is 11.5. The van der Waals surface area contributed by atoms with Crippen LogP contribution >= 0.6 is 11.3 Å². The van der Waals surface area contributed by atoms with Crippen LogP contribution in [0.25, 0.3) is 0 Å². The zero-order valence-electron chi connectivity index (χ0n) is 23.7. The van der Waals surface area contributed by atoms with Crippen LogP contribution in [0.15, 0.2) is 66.0 Å². The molecule has 2 atom stereocenters. The van der Waals surface area contributed by atoms with Gasteiger partial charge in [0, 0.05) is 11.9 Å². The van der Waals surface area contributed by atoms with E-state index in [0.29, 0.717) is 30.1 Å². The van der Waals surface area contributed by atoms with Gasteiger partial charge in [-0.05, 0) is 42.2 Å². The van der Waals surface area contributed by atoms with E-state index in [-0.39, 0.29) is 30.3 Å². The number of alkyl carbamates (subject to hydrolysis) is 1. The van der Waals surface area contributed by atoms with E-state index in [0.717, 1.165) is 17.5 Å². The van der Waals surface area contributed by atoms with Crippen LogP contribution in [0.2, 0.25) is 0 Å². The van der Waals surface area contributed by atoms with Crippen molar-refractivity contribution in [1.29, 1.82) is 0 Å². The van der Waals surface area contributed by atoms with Gasteiger partial charge in [0.25, 0.3) is 5.91 Å². The van der Waals surface area contributed by atoms with Crippen LogP contribution < -0.4 is 16.0 Å². The predicted octanol–water partition coefficient (Wildman–Crippen LogP) is 5.66. The van der Waals surface area contributed by atoms with Crippen molar-refractivity contribution in [2.24, 2.45) is 11.8 Å². The third kappa shape index (κ3) is 10.4. The number of thiazole rings is 1. The smallest absolute Gasteiger partial charge is 0.408 e. The van der Waals surface area contributed by atoms with Crippen LogP contribution in [-0.2, 0) is 22.6 Å². The molecule has 3 amide bonds. The zero-order chi connectivity index (χ0) is 28.9. The summed E-state index contributed by atoms with van der Waals surface area (Å²) in [5.74, 6) is -0.109. The van der Waals surface area contributed by atoms with Crippen LogP contribution in [0.4, 0.5) is 4.79 Å². The van der Waals surface area contributed by atoms with Gasteiger partial charge in [-0.15, -0.1) is 11.3 Å². The van der Waals surface area contributed by atoms with Gasteiger partial charge in [0.15, 0.2) is 5.01 Å². The van der Waals surface area contributed by atoms with Crippen molar-refractivity contribution in [2.75, 3.05) is 6.54 Å². The number of carbonyl (C=O) groups excluding carboxylic acids is 3. The lowest BCUT2D eigenvalue weighted by molar-refractivity contribution is -0.124. The molecular formula is C31H40N4O4S. The summed E-state index contributed by atoms with van der Waals surface area (Å²) in [5.41, 5.74) is 2.65. The number of carbonyl (C=O) groups is 3. The van der Waals surface area contributed by atoms with Crippen LogP contribution in [0.5, 0.6) is 0 Å². The minimum Gasteiger partial charge on any atom is -0.445 e. The molecule has 9 heteroatoms. The summed E-state index contributed by atoms with van der Waals surface area (Å²) in [5, 5.41) is 10.9. The molecule has 0 saturated heterocycles. The van der Waals surface area contributed by atoms with Crippen LogP contribution in [-0.4, -0.2) is 35.5 Å². The van der Waals surface area contributed by atoms with E-state index < -0.39 is 18.2 Å². The third-order valence-electron chi connectivity index (χ3n) is 6.17. The summed E-state index contributed by atoms with van der Waals surface area (Å²) in [4.78, 5) is 43.2. The first-order valence-corrected chi connectivity index (χ1v) is 14.6. The van der Waals surface area contributed by atoms with Crippen molar-refractivity contribution in [1.82, 2.24) is 20.9 Å². The fourth-order valence-corrected chi connectivity index (χ4v) is 4.99. The Morgan fingerprint density at radius 1 is 0.850 bits per heavy atom. The number of rotatable bonds is 14. The van der Waals surface area contributed by atoms with Gasteiger partial charge < -0.3 is 20.7 Å². The largest absolute Gasteiger partial charge is 0.445 e. The number of ether oxygens (including phenoxy) is 1. The molecule has 0 radical (unpaired) electrons. The molecule has 0 bridgehead atoms. The molecule has 0 aliphatic rings. The second-order valence-electron chi connectivity index (χ2n) is 10.6. The van der Waals surface area contributed by atoms with E-state index in [1.165, 1.54) is 11.3 Å². The Hall–Kier alpha value is -3.72. The van der Waals surface area contributed by atoms with Gasteiger partial charge in [-0.25, -0.2) is 9.78 Å². The molecule has 2 aromatic carbocycles. The summed E-state index contributed by atoms with van der Waals surface area (Å²) in [6.45, 7) is 8.74. The summed E-state index contributed by atoms with van der Waals surface area (Å²) < 4.78 is 5.35. The number of benzene rings is 2. The molecule has 0 aliphatic carbocycles. The molecule has 40 heavy (non-hydrogen) atoms. The van der Waals surface area contributed by atoms with Crippen molar-refractivity contribution in [3.05, 3.63) is 87.9 Å². The monoisotopic (exact) mass is 564 g/mol. The van der Waals surface area contributed by atoms with Gasteiger partial charge in [0.2, 0.25) is 5.91 Å². The Morgan fingerprint density at radius 3 is 2.10 bits per heavy atom. The summed E-state index contributed by atoms with van der Waals surface area (Å²) in [6.07, 6.45) is 1.17. The average Bonchev–Trinajstić information content (AvgIpc) is 3.42. The molecule has 3 N–H and O–H groups in total. The normalized spacial score (nSPS) is 12.6. The Balaban J connectivity index is 1.61. The average molecular weight is 565 g/mol. The molecule has 3 aromatic rings. The molecule has 3 rings (SSSR count). The lowest BCUT2D eigenvalue weighted by Crippen LogP contribution is -2.48. The third-order valence-corrected chi connectivity index (χ3v) is 7.03. The minimum absolute atomic E-state index is 0.119. The summed E-state index contributed by atoms with van der Waals surface area (Å²) >= 11 is 1.26. The number of hydrogen-bond donors (Lipinski definition) is 3. The molecule has 1 heterocycles. The SMILES string of the molecule is CC(C)C[C@H](NC(=O)OCc1ccccc1)C(=O)N[C@@H](CC(C)C)c1csc(C(=O)NCCc2ccccc2)n1. The Kier molecular flexibility index (Phi) is 12.1. The molecule has 0 fully saturated rings. The van der Waals surface area contributed by atoms with Gasteiger partial charge in [0.1, 0.15) is 12.6 Å². The number of nitrogens with zero attached hydrogens (tertiary/aromatic N) is 1. The lowest BCUT2D eigenvalue weighted by atomic mass is 9.99. The van der Waals surface area contributed by atoms with Crippen molar-refractivity contribution in [3.63, 3.8) is 0 Å². The molecule has 1 aromatic heterocycles. The van der Waals surface area contributed by atoms with E-state index in [9.17, 15) is 14.4 Å². The summed E-state index contributed by atoms with van der Waals surface area (Å²) in [6, 6.07) is 18.2. The van der Waals surface area contributed by atoms with E-state index in [2.05, 4.69) is 34.8 Å². The standard InChI is InChI=1S/C31H40N4O4S/c1-21(2)17-25(27-20-40-30(34-27)29(37)32-16-15-23-11-7-5-8-12-23)33-28(36)26(18-22(3)4)35-31(38)39-19-24-13-9-6-10-14-24/h5-14,20-22,25-26H,15-19H2,1-4H3,(H,32,37)(H,33,36)(H,35,38)/t25-,26-/m0/s1. The molecule has 0 unspecified atom stereocenters. The number of hydrogen-bond acceptors (Lipinski definition) is 6. The highest BCUT2D eigenvalue weighted by Gasteiger charge is 2.27. The quantitative estimate of drug-likeness (QED) is 0.234. The fraction of sp³-hybridized carbons (Fsp3) is 0.419. The maximum Gasteiger partial charge on any atom is 0.408 e. The lowest BCUT2D eigenvalue weighted by Gasteiger charge is -2.24. The zero-order valence-corrected chi connectivity index (χ0v) is 24.5. The molecular weight excluding hydrogens is 524 g/mol. The van der Waals surface area contributed by atoms with Crippen molar-refractivity contribution in [3.8, 4) is 0 Å². The van der Waals surface area contributed by atoms with Gasteiger partial charge >= 0.3 is 6.09 Å². The van der Waals surface area contributed by atoms with E-state index in [1.807, 2.05) is 79.9 Å². The molecule has 8 nitrogen and oxygen atoms in total. The van der Waals surface area contributed by atoms with Crippen LogP contribution in [0.3, 0.4) is 0 Å². The highest BCUT2D eigenvalue weighted by atomic mass is 32.1. The molecule has 214 valence electrons. The first kappa shape index (κ1) is 30.8. The van der Waals surface area contributed by atoms with Gasteiger partial charge in [0.05, 0.1) is 11.7 Å². The molecule has 0 spiro atoms.